The van der Waals surface area contributed by atoms with E-state index in [0.717, 1.165) is 18.3 Å². The third kappa shape index (κ3) is 3.29. The summed E-state index contributed by atoms with van der Waals surface area (Å²) in [4.78, 5) is 11.9. The standard InChI is InChI=1S/C15H10F2N6O/c16-13-2-1-3-14(17)12(13)8-18-20-15(24)10-4-6-11(7-5-10)23-9-19-21-22-23/h1-9H,(H,20,24)/b18-8+. The molecule has 1 N–H and O–H groups in total. The normalized spacial score (nSPS) is 10.9. The number of nitrogens with one attached hydrogen (secondary N) is 1. The number of carbonyl (C=O) groups excluding carboxylic acids is 1. The highest BCUT2D eigenvalue weighted by Gasteiger charge is 2.07. The smallest absolute Gasteiger partial charge is 0.267 e. The summed E-state index contributed by atoms with van der Waals surface area (Å²) in [5.74, 6) is -2.05. The maximum absolute atomic E-state index is 13.4. The van der Waals surface area contributed by atoms with Crippen molar-refractivity contribution in [3.63, 3.8) is 0 Å². The van der Waals surface area contributed by atoms with Gasteiger partial charge in [-0.2, -0.15) is 5.10 Å². The van der Waals surface area contributed by atoms with Crippen LogP contribution in [0.2, 0.25) is 0 Å². The summed E-state index contributed by atoms with van der Waals surface area (Å²) in [5.41, 5.74) is 2.87. The minimum Gasteiger partial charge on any atom is -0.267 e. The van der Waals surface area contributed by atoms with Crippen molar-refractivity contribution in [1.82, 2.24) is 25.6 Å². The summed E-state index contributed by atoms with van der Waals surface area (Å²) in [7, 11) is 0. The number of nitrogens with zero attached hydrogens (tertiary/aromatic N) is 5. The van der Waals surface area contributed by atoms with Crippen LogP contribution in [0.3, 0.4) is 0 Å². The van der Waals surface area contributed by atoms with Crippen molar-refractivity contribution >= 4 is 12.1 Å². The molecule has 9 heteroatoms. The van der Waals surface area contributed by atoms with Gasteiger partial charge in [0.05, 0.1) is 17.5 Å². The summed E-state index contributed by atoms with van der Waals surface area (Å²) in [6.07, 6.45) is 2.33. The van der Waals surface area contributed by atoms with E-state index in [4.69, 9.17) is 0 Å². The fourth-order valence-corrected chi connectivity index (χ4v) is 1.90. The van der Waals surface area contributed by atoms with Crippen LogP contribution in [0.4, 0.5) is 8.78 Å². The van der Waals surface area contributed by atoms with Crippen LogP contribution in [0.15, 0.2) is 53.9 Å². The van der Waals surface area contributed by atoms with Crippen LogP contribution >= 0.6 is 0 Å². The van der Waals surface area contributed by atoms with Crippen LogP contribution in [0.25, 0.3) is 5.69 Å². The molecule has 1 heterocycles. The van der Waals surface area contributed by atoms with Gasteiger partial charge in [-0.15, -0.1) is 5.10 Å². The Morgan fingerprint density at radius 1 is 1.12 bits per heavy atom. The van der Waals surface area contributed by atoms with Crippen LogP contribution in [0.5, 0.6) is 0 Å². The Balaban J connectivity index is 1.68. The van der Waals surface area contributed by atoms with E-state index in [1.165, 1.54) is 17.1 Å². The number of halogens is 2. The van der Waals surface area contributed by atoms with Gasteiger partial charge in [-0.1, -0.05) is 6.07 Å². The van der Waals surface area contributed by atoms with Crippen LogP contribution in [-0.4, -0.2) is 32.3 Å². The quantitative estimate of drug-likeness (QED) is 0.583. The second-order valence-corrected chi connectivity index (χ2v) is 4.64. The molecular weight excluding hydrogens is 318 g/mol. The van der Waals surface area contributed by atoms with Crippen molar-refractivity contribution in [3.05, 3.63) is 71.6 Å². The summed E-state index contributed by atoms with van der Waals surface area (Å²) in [5, 5.41) is 14.3. The molecule has 0 bridgehead atoms. The Hall–Kier alpha value is -3.49. The third-order valence-corrected chi connectivity index (χ3v) is 3.10. The molecule has 0 radical (unpaired) electrons. The van der Waals surface area contributed by atoms with Gasteiger partial charge in [0.2, 0.25) is 0 Å². The lowest BCUT2D eigenvalue weighted by molar-refractivity contribution is 0.0955. The second kappa shape index (κ2) is 6.73. The average molecular weight is 328 g/mol. The number of benzene rings is 2. The molecule has 120 valence electrons. The van der Waals surface area contributed by atoms with Crippen molar-refractivity contribution in [2.45, 2.75) is 0 Å². The predicted molar refractivity (Wildman–Crippen MR) is 80.6 cm³/mol. The van der Waals surface area contributed by atoms with Crippen molar-refractivity contribution in [3.8, 4) is 5.69 Å². The number of aromatic nitrogens is 4. The fraction of sp³-hybridized carbons (Fsp3) is 0. The fourth-order valence-electron chi connectivity index (χ4n) is 1.90. The first-order valence-electron chi connectivity index (χ1n) is 6.76. The largest absolute Gasteiger partial charge is 0.271 e. The zero-order valence-electron chi connectivity index (χ0n) is 12.1. The van der Waals surface area contributed by atoms with Crippen LogP contribution in [0.1, 0.15) is 15.9 Å². The second-order valence-electron chi connectivity index (χ2n) is 4.64. The van der Waals surface area contributed by atoms with Gasteiger partial charge in [0, 0.05) is 5.56 Å². The van der Waals surface area contributed by atoms with Gasteiger partial charge in [0.15, 0.2) is 0 Å². The maximum atomic E-state index is 13.4. The molecular formula is C15H10F2N6O. The molecule has 0 aliphatic rings. The first kappa shape index (κ1) is 15.4. The lowest BCUT2D eigenvalue weighted by Crippen LogP contribution is -2.17. The molecule has 0 spiro atoms. The monoisotopic (exact) mass is 328 g/mol. The van der Waals surface area contributed by atoms with Crippen LogP contribution < -0.4 is 5.43 Å². The van der Waals surface area contributed by atoms with Crippen molar-refractivity contribution in [1.29, 1.82) is 0 Å². The Labute approximate surface area is 134 Å². The third-order valence-electron chi connectivity index (χ3n) is 3.10. The van der Waals surface area contributed by atoms with Gasteiger partial charge >= 0.3 is 0 Å². The van der Waals surface area contributed by atoms with E-state index in [1.807, 2.05) is 0 Å². The molecule has 0 fully saturated rings. The lowest BCUT2D eigenvalue weighted by atomic mass is 10.2. The van der Waals surface area contributed by atoms with E-state index in [-0.39, 0.29) is 5.56 Å². The summed E-state index contributed by atoms with van der Waals surface area (Å²) < 4.78 is 28.3. The van der Waals surface area contributed by atoms with E-state index in [9.17, 15) is 13.6 Å². The number of hydrazone groups is 1. The molecule has 3 aromatic rings. The highest BCUT2D eigenvalue weighted by molar-refractivity contribution is 5.95. The van der Waals surface area contributed by atoms with Crippen molar-refractivity contribution in [2.24, 2.45) is 5.10 Å². The number of tetrazole rings is 1. The zero-order chi connectivity index (χ0) is 16.9. The molecule has 0 aliphatic heterocycles. The topological polar surface area (TPSA) is 85.1 Å². The van der Waals surface area contributed by atoms with E-state index < -0.39 is 17.5 Å². The Morgan fingerprint density at radius 2 is 1.83 bits per heavy atom. The SMILES string of the molecule is O=C(N/N=C/c1c(F)cccc1F)c1ccc(-n2cnnn2)cc1. The minimum atomic E-state index is -0.765. The van der Waals surface area contributed by atoms with E-state index in [1.54, 1.807) is 24.3 Å². The molecule has 3 rings (SSSR count). The molecule has 2 aromatic carbocycles. The number of amides is 1. The van der Waals surface area contributed by atoms with Gasteiger partial charge in [0.1, 0.15) is 18.0 Å². The summed E-state index contributed by atoms with van der Waals surface area (Å²) in [6, 6.07) is 9.83. The Morgan fingerprint density at radius 3 is 2.46 bits per heavy atom. The van der Waals surface area contributed by atoms with E-state index >= 15 is 0 Å². The Bertz CT molecular complexity index is 857. The van der Waals surface area contributed by atoms with E-state index in [0.29, 0.717) is 11.3 Å². The van der Waals surface area contributed by atoms with Crippen molar-refractivity contribution < 1.29 is 13.6 Å². The van der Waals surface area contributed by atoms with Gasteiger partial charge < -0.3 is 0 Å². The summed E-state index contributed by atoms with van der Waals surface area (Å²) in [6.45, 7) is 0. The maximum Gasteiger partial charge on any atom is 0.271 e. The molecule has 24 heavy (non-hydrogen) atoms. The van der Waals surface area contributed by atoms with Crippen LogP contribution in [-0.2, 0) is 0 Å². The van der Waals surface area contributed by atoms with Gasteiger partial charge in [-0.05, 0) is 46.8 Å². The van der Waals surface area contributed by atoms with E-state index in [2.05, 4.69) is 26.1 Å². The number of carbonyl (C=O) groups is 1. The average Bonchev–Trinajstić information content (AvgIpc) is 3.12. The number of hydrogen-bond acceptors (Lipinski definition) is 5. The predicted octanol–water partition coefficient (Wildman–Crippen LogP) is 1.70. The Kier molecular flexibility index (Phi) is 4.32. The minimum absolute atomic E-state index is 0.318. The molecule has 0 atom stereocenters. The molecule has 0 saturated carbocycles. The molecule has 0 saturated heterocycles. The number of rotatable bonds is 4. The highest BCUT2D eigenvalue weighted by Crippen LogP contribution is 2.10. The van der Waals surface area contributed by atoms with Crippen LogP contribution in [0, 0.1) is 11.6 Å². The van der Waals surface area contributed by atoms with Gasteiger partial charge in [0.25, 0.3) is 5.91 Å². The van der Waals surface area contributed by atoms with Crippen molar-refractivity contribution in [2.75, 3.05) is 0 Å². The zero-order valence-corrected chi connectivity index (χ0v) is 12.1. The molecule has 0 aliphatic carbocycles. The summed E-state index contributed by atoms with van der Waals surface area (Å²) >= 11 is 0. The number of hydrogen-bond donors (Lipinski definition) is 1. The lowest BCUT2D eigenvalue weighted by Gasteiger charge is -2.02. The molecule has 7 nitrogen and oxygen atoms in total. The highest BCUT2D eigenvalue weighted by atomic mass is 19.1. The van der Waals surface area contributed by atoms with Gasteiger partial charge in [-0.25, -0.2) is 18.9 Å². The first-order valence-corrected chi connectivity index (χ1v) is 6.76. The molecule has 0 unspecified atom stereocenters. The van der Waals surface area contributed by atoms with Gasteiger partial charge in [-0.3, -0.25) is 4.79 Å². The molecule has 1 amide bonds. The molecule has 1 aromatic heterocycles. The first-order chi connectivity index (χ1) is 11.6.